The molecule has 0 saturated heterocycles. The molecule has 0 spiro atoms. The molecule has 0 aliphatic carbocycles. The van der Waals surface area contributed by atoms with Gasteiger partial charge >= 0.3 is 11.9 Å². The quantitative estimate of drug-likeness (QED) is 0.292. The summed E-state index contributed by atoms with van der Waals surface area (Å²) in [7, 11) is 0. The van der Waals surface area contributed by atoms with E-state index in [4.69, 9.17) is 4.74 Å². The molecule has 0 radical (unpaired) electrons. The lowest BCUT2D eigenvalue weighted by Crippen LogP contribution is -2.24. The Hall–Kier alpha value is -4.20. The molecule has 4 N–H and O–H groups in total. The Labute approximate surface area is 188 Å². The first kappa shape index (κ1) is 23.0. The number of H-pyrrole nitrogens is 2. The maximum absolute atomic E-state index is 13.1. The number of nitrogens with one attached hydrogen (secondary N) is 3. The number of aromatic hydroxyl groups is 1. The minimum absolute atomic E-state index is 0.0241. The summed E-state index contributed by atoms with van der Waals surface area (Å²) in [6.07, 6.45) is -1.66. The van der Waals surface area contributed by atoms with Crippen molar-refractivity contribution >= 4 is 23.4 Å². The number of benzene rings is 1. The smallest absolute Gasteiger partial charge is 0.416 e. The third-order valence-electron chi connectivity index (χ3n) is 4.55. The number of aromatic amines is 2. The van der Waals surface area contributed by atoms with E-state index >= 15 is 0 Å². The summed E-state index contributed by atoms with van der Waals surface area (Å²) < 4.78 is 45.9. The van der Waals surface area contributed by atoms with Gasteiger partial charge in [-0.25, -0.2) is 9.79 Å². The molecular formula is C20H19F3N8O3. The summed E-state index contributed by atoms with van der Waals surface area (Å²) in [4.78, 5) is 29.0. The number of nitrogens with zero attached hydrogens (tertiary/aromatic N) is 5. The fraction of sp³-hybridized carbons (Fsp3) is 0.250. The third-order valence-corrected chi connectivity index (χ3v) is 4.55. The zero-order valence-corrected chi connectivity index (χ0v) is 17.7. The molecule has 4 aromatic rings. The average Bonchev–Trinajstić information content (AvgIpc) is 3.33. The van der Waals surface area contributed by atoms with Crippen molar-refractivity contribution in [1.82, 2.24) is 29.5 Å². The van der Waals surface area contributed by atoms with Gasteiger partial charge in [0.15, 0.2) is 5.65 Å². The van der Waals surface area contributed by atoms with Gasteiger partial charge in [-0.2, -0.15) is 32.8 Å². The maximum atomic E-state index is 13.1. The maximum Gasteiger partial charge on any atom is 0.416 e. The summed E-state index contributed by atoms with van der Waals surface area (Å²) in [5.74, 6) is -0.397. The van der Waals surface area contributed by atoms with Crippen LogP contribution in [0.4, 0.5) is 24.8 Å². The molecule has 4 rings (SSSR count). The highest BCUT2D eigenvalue weighted by molar-refractivity contribution is 5.59. The van der Waals surface area contributed by atoms with Crippen molar-refractivity contribution in [2.24, 2.45) is 4.99 Å². The minimum atomic E-state index is -4.51. The summed E-state index contributed by atoms with van der Waals surface area (Å²) in [5.41, 5.74) is -0.844. The van der Waals surface area contributed by atoms with Crippen LogP contribution in [0.3, 0.4) is 0 Å². The molecule has 34 heavy (non-hydrogen) atoms. The zero-order valence-electron chi connectivity index (χ0n) is 17.7. The standard InChI is InChI=1S/C20H19F3N8O3/c1-2-34-7-6-24-18-30-17(26-13-5-3-4-12(9-13)20(21,22)23)28-15-11(10-25-31(15)18)8-14-16(32)29-19(33)27-14/h3-5,8-10,32H,2,6-7H2,1H3,(H,24,26,30)(H2,27,29,33)/b11-8-. The Kier molecular flexibility index (Phi) is 6.32. The second kappa shape index (κ2) is 9.35. The van der Waals surface area contributed by atoms with Gasteiger partial charge in [0.05, 0.1) is 24.9 Å². The van der Waals surface area contributed by atoms with E-state index in [1.165, 1.54) is 28.9 Å². The van der Waals surface area contributed by atoms with E-state index in [0.717, 1.165) is 12.1 Å². The van der Waals surface area contributed by atoms with E-state index in [1.807, 2.05) is 6.92 Å². The highest BCUT2D eigenvalue weighted by Crippen LogP contribution is 2.31. The molecule has 0 atom stereocenters. The van der Waals surface area contributed by atoms with Crippen molar-refractivity contribution in [1.29, 1.82) is 0 Å². The molecule has 14 heteroatoms. The van der Waals surface area contributed by atoms with Crippen LogP contribution in [-0.2, 0) is 10.9 Å². The molecule has 1 aromatic carbocycles. The van der Waals surface area contributed by atoms with Gasteiger partial charge in [-0.3, -0.25) is 4.98 Å². The normalized spacial score (nSPS) is 13.2. The summed E-state index contributed by atoms with van der Waals surface area (Å²) >= 11 is 0. The van der Waals surface area contributed by atoms with Crippen LogP contribution < -0.4 is 21.8 Å². The number of rotatable bonds is 7. The molecule has 0 aliphatic rings. The minimum Gasteiger partial charge on any atom is -0.493 e. The second-order valence-electron chi connectivity index (χ2n) is 6.95. The number of aromatic nitrogens is 6. The van der Waals surface area contributed by atoms with Gasteiger partial charge in [0.25, 0.3) is 5.62 Å². The Morgan fingerprint density at radius 1 is 1.29 bits per heavy atom. The highest BCUT2D eigenvalue weighted by atomic mass is 19.4. The lowest BCUT2D eigenvalue weighted by molar-refractivity contribution is -0.137. The fourth-order valence-corrected chi connectivity index (χ4v) is 3.04. The van der Waals surface area contributed by atoms with Crippen LogP contribution in [0.1, 0.15) is 18.2 Å². The lowest BCUT2D eigenvalue weighted by atomic mass is 10.2. The third kappa shape index (κ3) is 5.06. The molecule has 0 amide bonds. The van der Waals surface area contributed by atoms with Crippen molar-refractivity contribution < 1.29 is 23.0 Å². The highest BCUT2D eigenvalue weighted by Gasteiger charge is 2.30. The van der Waals surface area contributed by atoms with Crippen LogP contribution in [0, 0.1) is 0 Å². The van der Waals surface area contributed by atoms with Gasteiger partial charge in [-0.05, 0) is 31.2 Å². The molecule has 178 valence electrons. The number of ether oxygens (including phenoxy) is 1. The van der Waals surface area contributed by atoms with Crippen LogP contribution in [0.2, 0.25) is 0 Å². The van der Waals surface area contributed by atoms with Crippen molar-refractivity contribution in [3.05, 3.63) is 63.0 Å². The Balaban J connectivity index is 1.82. The van der Waals surface area contributed by atoms with Crippen LogP contribution in [-0.4, -0.2) is 54.4 Å². The van der Waals surface area contributed by atoms with Crippen molar-refractivity contribution in [2.75, 3.05) is 25.1 Å². The second-order valence-corrected chi connectivity index (χ2v) is 6.95. The average molecular weight is 476 g/mol. The molecule has 11 nitrogen and oxygen atoms in total. The van der Waals surface area contributed by atoms with Crippen LogP contribution in [0.5, 0.6) is 5.88 Å². The molecule has 0 unspecified atom stereocenters. The monoisotopic (exact) mass is 476 g/mol. The van der Waals surface area contributed by atoms with Crippen molar-refractivity contribution in [2.45, 2.75) is 13.1 Å². The molecular weight excluding hydrogens is 457 g/mol. The molecule has 0 aliphatic heterocycles. The number of hydrogen-bond donors (Lipinski definition) is 4. The first-order chi connectivity index (χ1) is 16.2. The van der Waals surface area contributed by atoms with Gasteiger partial charge < -0.3 is 20.1 Å². The van der Waals surface area contributed by atoms with E-state index in [1.54, 1.807) is 0 Å². The lowest BCUT2D eigenvalue weighted by Gasteiger charge is -2.10. The van der Waals surface area contributed by atoms with E-state index in [0.29, 0.717) is 18.4 Å². The SMILES string of the molecule is CCOCCN=c1nc(Nc2cccc(C(F)(F)F)c2)nc2/c(=C\c3[nH]c(=O)[nH]c3O)cnn12. The van der Waals surface area contributed by atoms with Gasteiger partial charge in [-0.15, -0.1) is 0 Å². The number of alkyl halides is 3. The number of halogens is 3. The van der Waals surface area contributed by atoms with Gasteiger partial charge in [0.1, 0.15) is 5.69 Å². The number of imidazole rings is 1. The first-order valence-corrected chi connectivity index (χ1v) is 10.1. The van der Waals surface area contributed by atoms with Gasteiger partial charge in [-0.1, -0.05) is 6.07 Å². The molecule has 3 aromatic heterocycles. The molecule has 0 fully saturated rings. The van der Waals surface area contributed by atoms with E-state index in [2.05, 4.69) is 35.3 Å². The van der Waals surface area contributed by atoms with E-state index in [9.17, 15) is 23.1 Å². The molecule has 3 heterocycles. The Bertz CT molecular complexity index is 1490. The largest absolute Gasteiger partial charge is 0.493 e. The van der Waals surface area contributed by atoms with Gasteiger partial charge in [0.2, 0.25) is 11.8 Å². The number of hydrogen-bond acceptors (Lipinski definition) is 8. The van der Waals surface area contributed by atoms with Crippen molar-refractivity contribution in [3.8, 4) is 5.88 Å². The van der Waals surface area contributed by atoms with E-state index < -0.39 is 17.4 Å². The summed E-state index contributed by atoms with van der Waals surface area (Å²) in [6, 6.07) is 4.60. The van der Waals surface area contributed by atoms with Crippen molar-refractivity contribution in [3.63, 3.8) is 0 Å². The first-order valence-electron chi connectivity index (χ1n) is 10.1. The van der Waals surface area contributed by atoms with Crippen LogP contribution in [0.25, 0.3) is 11.7 Å². The van der Waals surface area contributed by atoms with Gasteiger partial charge in [0, 0.05) is 17.5 Å². The number of fused-ring (bicyclic) bond motifs is 1. The molecule has 0 saturated carbocycles. The topological polar surface area (TPSA) is 146 Å². The summed E-state index contributed by atoms with van der Waals surface area (Å²) in [5, 5.41) is 17.2. The van der Waals surface area contributed by atoms with Crippen LogP contribution >= 0.6 is 0 Å². The number of anilines is 2. The predicted octanol–water partition coefficient (Wildman–Crippen LogP) is 1.09. The van der Waals surface area contributed by atoms with E-state index in [-0.39, 0.29) is 41.0 Å². The fourth-order valence-electron chi connectivity index (χ4n) is 3.04. The Morgan fingerprint density at radius 3 is 2.82 bits per heavy atom. The molecule has 0 bridgehead atoms. The Morgan fingerprint density at radius 2 is 2.12 bits per heavy atom. The zero-order chi connectivity index (χ0) is 24.3. The predicted molar refractivity (Wildman–Crippen MR) is 114 cm³/mol. The summed E-state index contributed by atoms with van der Waals surface area (Å²) in [6.45, 7) is 2.94. The van der Waals surface area contributed by atoms with Crippen LogP contribution in [0.15, 0.2) is 40.2 Å².